The predicted octanol–water partition coefficient (Wildman–Crippen LogP) is 3.21. The van der Waals surface area contributed by atoms with Gasteiger partial charge in [0.2, 0.25) is 0 Å². The Balaban J connectivity index is 2.23. The summed E-state index contributed by atoms with van der Waals surface area (Å²) in [6.45, 7) is 0. The molecule has 0 saturated heterocycles. The van der Waals surface area contributed by atoms with Gasteiger partial charge in [-0.05, 0) is 17.7 Å². The Labute approximate surface area is 105 Å². The van der Waals surface area contributed by atoms with Gasteiger partial charge in [-0.3, -0.25) is 0 Å². The van der Waals surface area contributed by atoms with Gasteiger partial charge in [-0.2, -0.15) is 10.1 Å². The van der Waals surface area contributed by atoms with E-state index in [1.165, 1.54) is 6.21 Å². The number of hydrazone groups is 1. The lowest BCUT2D eigenvalue weighted by Gasteiger charge is -2.12. The van der Waals surface area contributed by atoms with Crippen molar-refractivity contribution in [1.29, 1.82) is 0 Å². The molecule has 2 aromatic rings. The minimum absolute atomic E-state index is 0.511. The maximum atomic E-state index is 11.1. The van der Waals surface area contributed by atoms with E-state index in [0.717, 1.165) is 10.6 Å². The molecule has 2 rings (SSSR count). The number of nitrogens with zero attached hydrogens (tertiary/aromatic N) is 2. The first-order chi connectivity index (χ1) is 8.77. The van der Waals surface area contributed by atoms with Crippen LogP contribution in [0, 0.1) is 0 Å². The Hall–Kier alpha value is -2.62. The highest BCUT2D eigenvalue weighted by atomic mass is 16.4. The van der Waals surface area contributed by atoms with Crippen LogP contribution in [0.1, 0.15) is 5.56 Å². The maximum Gasteiger partial charge on any atom is 0.432 e. The number of para-hydroxylation sites is 1. The Morgan fingerprint density at radius 2 is 1.56 bits per heavy atom. The monoisotopic (exact) mass is 240 g/mol. The van der Waals surface area contributed by atoms with E-state index < -0.39 is 6.09 Å². The number of anilines is 1. The summed E-state index contributed by atoms with van der Waals surface area (Å²) >= 11 is 0. The third kappa shape index (κ3) is 2.95. The van der Waals surface area contributed by atoms with Crippen LogP contribution in [0.5, 0.6) is 0 Å². The molecule has 2 aromatic carbocycles. The highest BCUT2D eigenvalue weighted by Crippen LogP contribution is 2.13. The molecule has 4 nitrogen and oxygen atoms in total. The molecule has 0 aliphatic carbocycles. The highest BCUT2D eigenvalue weighted by molar-refractivity contribution is 5.89. The molecule has 0 aromatic heterocycles. The summed E-state index contributed by atoms with van der Waals surface area (Å²) in [7, 11) is 0. The van der Waals surface area contributed by atoms with Crippen LogP contribution < -0.4 is 5.01 Å². The Bertz CT molecular complexity index is 538. The van der Waals surface area contributed by atoms with Gasteiger partial charge in [-0.15, -0.1) is 0 Å². The van der Waals surface area contributed by atoms with Gasteiger partial charge in [0, 0.05) is 0 Å². The van der Waals surface area contributed by atoms with Crippen molar-refractivity contribution in [1.82, 2.24) is 0 Å². The number of hydrogen-bond donors (Lipinski definition) is 1. The summed E-state index contributed by atoms with van der Waals surface area (Å²) in [5, 5.41) is 14.0. The molecule has 0 unspecified atom stereocenters. The molecule has 0 heterocycles. The molecule has 18 heavy (non-hydrogen) atoms. The summed E-state index contributed by atoms with van der Waals surface area (Å²) in [6.07, 6.45) is 0.398. The smallest absolute Gasteiger partial charge is 0.432 e. The molecule has 1 amide bonds. The third-order valence-electron chi connectivity index (χ3n) is 2.30. The van der Waals surface area contributed by atoms with E-state index in [9.17, 15) is 4.79 Å². The summed E-state index contributed by atoms with van der Waals surface area (Å²) in [5.41, 5.74) is 1.36. The first kappa shape index (κ1) is 11.9. The number of carboxylic acid groups (broad SMARTS) is 1. The van der Waals surface area contributed by atoms with Crippen molar-refractivity contribution in [3.8, 4) is 0 Å². The van der Waals surface area contributed by atoms with E-state index in [0.29, 0.717) is 5.69 Å². The minimum atomic E-state index is -1.12. The van der Waals surface area contributed by atoms with Gasteiger partial charge in [-0.1, -0.05) is 48.5 Å². The number of amides is 1. The van der Waals surface area contributed by atoms with Gasteiger partial charge in [0.15, 0.2) is 0 Å². The van der Waals surface area contributed by atoms with E-state index in [-0.39, 0.29) is 0 Å². The molecule has 0 spiro atoms. The molecule has 0 fully saturated rings. The average molecular weight is 240 g/mol. The average Bonchev–Trinajstić information content (AvgIpc) is 2.41. The molecule has 0 aliphatic heterocycles. The van der Waals surface area contributed by atoms with Gasteiger partial charge in [0.1, 0.15) is 0 Å². The highest BCUT2D eigenvalue weighted by Gasteiger charge is 2.11. The number of carbonyl (C=O) groups is 1. The van der Waals surface area contributed by atoms with Crippen LogP contribution in [-0.4, -0.2) is 17.4 Å². The molecule has 0 saturated carbocycles. The normalized spacial score (nSPS) is 10.4. The fraction of sp³-hybridized carbons (Fsp3) is 0. The van der Waals surface area contributed by atoms with Gasteiger partial charge in [0.25, 0.3) is 0 Å². The molecule has 0 bridgehead atoms. The molecular weight excluding hydrogens is 228 g/mol. The summed E-state index contributed by atoms with van der Waals surface area (Å²) in [5.74, 6) is 0. The first-order valence-corrected chi connectivity index (χ1v) is 5.44. The van der Waals surface area contributed by atoms with Crippen molar-refractivity contribution in [3.05, 3.63) is 66.2 Å². The molecule has 90 valence electrons. The molecular formula is C14H12N2O2. The van der Waals surface area contributed by atoms with Crippen molar-refractivity contribution < 1.29 is 9.90 Å². The molecule has 0 aliphatic rings. The zero-order chi connectivity index (χ0) is 12.8. The van der Waals surface area contributed by atoms with Gasteiger partial charge >= 0.3 is 6.09 Å². The molecule has 0 atom stereocenters. The quantitative estimate of drug-likeness (QED) is 0.661. The van der Waals surface area contributed by atoms with Crippen molar-refractivity contribution in [2.24, 2.45) is 5.10 Å². The van der Waals surface area contributed by atoms with Crippen molar-refractivity contribution in [2.75, 3.05) is 5.01 Å². The second-order valence-corrected chi connectivity index (χ2v) is 3.59. The summed E-state index contributed by atoms with van der Waals surface area (Å²) < 4.78 is 0. The fourth-order valence-corrected chi connectivity index (χ4v) is 1.46. The summed E-state index contributed by atoms with van der Waals surface area (Å²) in [6, 6.07) is 18.1. The zero-order valence-corrected chi connectivity index (χ0v) is 9.60. The van der Waals surface area contributed by atoms with Gasteiger partial charge < -0.3 is 5.11 Å². The van der Waals surface area contributed by atoms with Crippen molar-refractivity contribution in [2.45, 2.75) is 0 Å². The zero-order valence-electron chi connectivity index (χ0n) is 9.60. The second-order valence-electron chi connectivity index (χ2n) is 3.59. The Morgan fingerprint density at radius 1 is 1.00 bits per heavy atom. The van der Waals surface area contributed by atoms with Crippen LogP contribution in [0.2, 0.25) is 0 Å². The molecule has 4 heteroatoms. The number of benzene rings is 2. The van der Waals surface area contributed by atoms with Crippen LogP contribution in [0.25, 0.3) is 0 Å². The van der Waals surface area contributed by atoms with Gasteiger partial charge in [0.05, 0.1) is 11.9 Å². The minimum Gasteiger partial charge on any atom is -0.463 e. The van der Waals surface area contributed by atoms with Gasteiger partial charge in [-0.25, -0.2) is 4.79 Å². The largest absolute Gasteiger partial charge is 0.463 e. The van der Waals surface area contributed by atoms with E-state index >= 15 is 0 Å². The van der Waals surface area contributed by atoms with Crippen LogP contribution in [0.15, 0.2) is 65.8 Å². The lowest BCUT2D eigenvalue weighted by molar-refractivity contribution is 0.202. The maximum absolute atomic E-state index is 11.1. The molecule has 0 radical (unpaired) electrons. The lowest BCUT2D eigenvalue weighted by Crippen LogP contribution is -2.23. The first-order valence-electron chi connectivity index (χ1n) is 5.44. The third-order valence-corrected chi connectivity index (χ3v) is 2.30. The lowest BCUT2D eigenvalue weighted by atomic mass is 10.2. The van der Waals surface area contributed by atoms with E-state index in [1.807, 2.05) is 36.4 Å². The summed E-state index contributed by atoms with van der Waals surface area (Å²) in [4.78, 5) is 11.1. The van der Waals surface area contributed by atoms with Crippen LogP contribution in [0.4, 0.5) is 10.5 Å². The topological polar surface area (TPSA) is 52.9 Å². The SMILES string of the molecule is O=C(O)N(/N=C/c1ccccc1)c1ccccc1. The number of hydrogen-bond acceptors (Lipinski definition) is 2. The molecule has 1 N–H and O–H groups in total. The van der Waals surface area contributed by atoms with Crippen LogP contribution in [0.3, 0.4) is 0 Å². The van der Waals surface area contributed by atoms with E-state index in [4.69, 9.17) is 5.11 Å². The van der Waals surface area contributed by atoms with Crippen molar-refractivity contribution in [3.63, 3.8) is 0 Å². The Morgan fingerprint density at radius 3 is 2.11 bits per heavy atom. The van der Waals surface area contributed by atoms with E-state index in [1.54, 1.807) is 24.3 Å². The second kappa shape index (κ2) is 5.63. The van der Waals surface area contributed by atoms with Crippen LogP contribution in [-0.2, 0) is 0 Å². The predicted molar refractivity (Wildman–Crippen MR) is 71.0 cm³/mol. The van der Waals surface area contributed by atoms with E-state index in [2.05, 4.69) is 5.10 Å². The standard InChI is InChI=1S/C14H12N2O2/c17-14(18)16(13-9-5-2-6-10-13)15-11-12-7-3-1-4-8-12/h1-11H,(H,17,18)/b15-11+. The van der Waals surface area contributed by atoms with Crippen LogP contribution >= 0.6 is 0 Å². The van der Waals surface area contributed by atoms with Crippen molar-refractivity contribution >= 4 is 18.0 Å². The Kier molecular flexibility index (Phi) is 3.71. The number of rotatable bonds is 3. The fourth-order valence-electron chi connectivity index (χ4n) is 1.46.